The molecule has 0 radical (unpaired) electrons. The van der Waals surface area contributed by atoms with Crippen LogP contribution < -0.4 is 20.8 Å². The summed E-state index contributed by atoms with van der Waals surface area (Å²) in [5.41, 5.74) is 6.49. The van der Waals surface area contributed by atoms with Crippen molar-refractivity contribution >= 4 is 80.7 Å². The molecule has 0 spiro atoms. The Bertz CT molecular complexity index is 1780. The highest BCUT2D eigenvalue weighted by Gasteiger charge is 2.11. The third kappa shape index (κ3) is 8.33. The number of hydrogen-bond acceptors (Lipinski definition) is 7. The van der Waals surface area contributed by atoms with Gasteiger partial charge in [0, 0.05) is 38.5 Å². The minimum absolute atomic E-state index is 0.287. The zero-order valence-corrected chi connectivity index (χ0v) is 25.3. The molecule has 4 aromatic carbocycles. The smallest absolute Gasteiger partial charge is 0.271 e. The minimum atomic E-state index is -0.408. The summed E-state index contributed by atoms with van der Waals surface area (Å²) in [4.78, 5) is 29.7. The number of rotatable bonds is 10. The van der Waals surface area contributed by atoms with E-state index in [1.54, 1.807) is 42.5 Å². The second kappa shape index (κ2) is 14.2. The molecule has 1 heterocycles. The lowest BCUT2D eigenvalue weighted by molar-refractivity contribution is -0.118. The lowest BCUT2D eigenvalue weighted by Gasteiger charge is -2.10. The molecule has 5 aromatic rings. The molecule has 0 aliphatic heterocycles. The highest BCUT2D eigenvalue weighted by molar-refractivity contribution is 7.14. The molecular weight excluding hydrogens is 629 g/mol. The minimum Gasteiger partial charge on any atom is -0.483 e. The number of nitrogens with one attached hydrogen (secondary N) is 3. The summed E-state index contributed by atoms with van der Waals surface area (Å²) in [6.07, 6.45) is 1.39. The van der Waals surface area contributed by atoms with Crippen molar-refractivity contribution in [1.82, 2.24) is 10.4 Å². The molecule has 0 saturated carbocycles. The number of halogens is 3. The van der Waals surface area contributed by atoms with E-state index in [0.29, 0.717) is 37.6 Å². The number of carbonyl (C=O) groups is 2. The standard InChI is InChI=1S/C31H22Cl3N5O3S/c32-22-10-13-28(42-17-29(40)36-24-11-12-25(33)26(34)15-24)21(14-22)16-35-39-30(41)20-8-6-19(7-9-20)27-18-43-31(38-27)37-23-4-2-1-3-5-23/h1-16,18H,17H2,(H,36,40)(H,37,38)(H,39,41)/b35-16+. The molecular formula is C31H22Cl3N5O3S. The highest BCUT2D eigenvalue weighted by Crippen LogP contribution is 2.28. The third-order valence-electron chi connectivity index (χ3n) is 5.88. The molecule has 0 unspecified atom stereocenters. The SMILES string of the molecule is O=C(COc1ccc(Cl)cc1/C=N/NC(=O)c1ccc(-c2csc(Nc3ccccc3)n2)cc1)Nc1ccc(Cl)c(Cl)c1. The fourth-order valence-electron chi connectivity index (χ4n) is 3.79. The predicted molar refractivity (Wildman–Crippen MR) is 174 cm³/mol. The van der Waals surface area contributed by atoms with Gasteiger partial charge in [-0.15, -0.1) is 11.3 Å². The van der Waals surface area contributed by atoms with Gasteiger partial charge >= 0.3 is 0 Å². The van der Waals surface area contributed by atoms with E-state index in [0.717, 1.165) is 22.1 Å². The first-order chi connectivity index (χ1) is 20.8. The largest absolute Gasteiger partial charge is 0.483 e. The lowest BCUT2D eigenvalue weighted by Crippen LogP contribution is -2.20. The van der Waals surface area contributed by atoms with Crippen LogP contribution in [0.4, 0.5) is 16.5 Å². The van der Waals surface area contributed by atoms with Gasteiger partial charge in [-0.1, -0.05) is 65.1 Å². The third-order valence-corrected chi connectivity index (χ3v) is 7.61. The first kappa shape index (κ1) is 30.1. The summed E-state index contributed by atoms with van der Waals surface area (Å²) in [6, 6.07) is 26.4. The van der Waals surface area contributed by atoms with Crippen molar-refractivity contribution in [2.45, 2.75) is 0 Å². The van der Waals surface area contributed by atoms with Crippen molar-refractivity contribution in [2.24, 2.45) is 5.10 Å². The van der Waals surface area contributed by atoms with Crippen LogP contribution in [0, 0.1) is 0 Å². The van der Waals surface area contributed by atoms with E-state index in [2.05, 4.69) is 26.1 Å². The van der Waals surface area contributed by atoms with E-state index < -0.39 is 11.8 Å². The summed E-state index contributed by atoms with van der Waals surface area (Å²) < 4.78 is 5.67. The molecule has 0 saturated heterocycles. The van der Waals surface area contributed by atoms with Crippen molar-refractivity contribution in [2.75, 3.05) is 17.2 Å². The summed E-state index contributed by atoms with van der Waals surface area (Å²) >= 11 is 19.5. The highest BCUT2D eigenvalue weighted by atomic mass is 35.5. The number of ether oxygens (including phenoxy) is 1. The molecule has 0 atom stereocenters. The Kier molecular flexibility index (Phi) is 9.91. The lowest BCUT2D eigenvalue weighted by atomic mass is 10.1. The molecule has 216 valence electrons. The number of para-hydroxylation sites is 1. The van der Waals surface area contributed by atoms with E-state index in [-0.39, 0.29) is 6.61 Å². The second-order valence-corrected chi connectivity index (χ2v) is 11.1. The summed E-state index contributed by atoms with van der Waals surface area (Å²) in [5.74, 6) is -0.465. The first-order valence-electron chi connectivity index (χ1n) is 12.7. The number of amides is 2. The molecule has 0 aliphatic carbocycles. The molecule has 1 aromatic heterocycles. The Morgan fingerprint density at radius 3 is 2.44 bits per heavy atom. The van der Waals surface area contributed by atoms with Gasteiger partial charge in [0.1, 0.15) is 5.75 Å². The van der Waals surface area contributed by atoms with Gasteiger partial charge in [-0.3, -0.25) is 9.59 Å². The van der Waals surface area contributed by atoms with Gasteiger partial charge in [-0.05, 0) is 60.7 Å². The average Bonchev–Trinajstić information content (AvgIpc) is 3.47. The van der Waals surface area contributed by atoms with Gasteiger partial charge in [0.25, 0.3) is 11.8 Å². The molecule has 12 heteroatoms. The number of anilines is 3. The number of nitrogens with zero attached hydrogens (tertiary/aromatic N) is 2. The van der Waals surface area contributed by atoms with E-state index in [1.807, 2.05) is 47.8 Å². The maximum absolute atomic E-state index is 12.7. The molecule has 2 amide bonds. The monoisotopic (exact) mass is 649 g/mol. The molecule has 43 heavy (non-hydrogen) atoms. The van der Waals surface area contributed by atoms with Crippen molar-refractivity contribution in [3.05, 3.63) is 123 Å². The number of carbonyl (C=O) groups excluding carboxylic acids is 2. The fourth-order valence-corrected chi connectivity index (χ4v) is 5.01. The van der Waals surface area contributed by atoms with Crippen LogP contribution >= 0.6 is 46.1 Å². The molecule has 3 N–H and O–H groups in total. The molecule has 0 bridgehead atoms. The number of aromatic nitrogens is 1. The Morgan fingerprint density at radius 2 is 1.67 bits per heavy atom. The Hall–Kier alpha value is -4.41. The quantitative estimate of drug-likeness (QED) is 0.104. The molecule has 8 nitrogen and oxygen atoms in total. The van der Waals surface area contributed by atoms with Crippen LogP contribution in [-0.2, 0) is 4.79 Å². The normalized spacial score (nSPS) is 10.9. The molecule has 0 aliphatic rings. The Balaban J connectivity index is 1.16. The maximum atomic E-state index is 12.7. The van der Waals surface area contributed by atoms with Crippen molar-refractivity contribution in [3.8, 4) is 17.0 Å². The zero-order chi connectivity index (χ0) is 30.2. The van der Waals surface area contributed by atoms with Gasteiger partial charge in [0.15, 0.2) is 11.7 Å². The Morgan fingerprint density at radius 1 is 0.884 bits per heavy atom. The van der Waals surface area contributed by atoms with Gasteiger partial charge in [0.05, 0.1) is 22.0 Å². The van der Waals surface area contributed by atoms with Crippen LogP contribution in [0.3, 0.4) is 0 Å². The Labute approximate surface area is 266 Å². The number of thiazole rings is 1. The summed E-state index contributed by atoms with van der Waals surface area (Å²) in [6.45, 7) is -0.287. The van der Waals surface area contributed by atoms with Crippen LogP contribution in [0.25, 0.3) is 11.3 Å². The fraction of sp³-hybridized carbons (Fsp3) is 0.0323. The van der Waals surface area contributed by atoms with Crippen LogP contribution in [0.5, 0.6) is 5.75 Å². The van der Waals surface area contributed by atoms with Crippen LogP contribution in [0.1, 0.15) is 15.9 Å². The van der Waals surface area contributed by atoms with Gasteiger partial charge < -0.3 is 15.4 Å². The topological polar surface area (TPSA) is 105 Å². The van der Waals surface area contributed by atoms with Crippen molar-refractivity contribution < 1.29 is 14.3 Å². The number of hydrazone groups is 1. The summed E-state index contributed by atoms with van der Waals surface area (Å²) in [7, 11) is 0. The van der Waals surface area contributed by atoms with E-state index >= 15 is 0 Å². The van der Waals surface area contributed by atoms with Crippen molar-refractivity contribution in [3.63, 3.8) is 0 Å². The zero-order valence-electron chi connectivity index (χ0n) is 22.2. The average molecular weight is 651 g/mol. The van der Waals surface area contributed by atoms with Gasteiger partial charge in [0.2, 0.25) is 0 Å². The first-order valence-corrected chi connectivity index (χ1v) is 14.7. The number of benzene rings is 4. The maximum Gasteiger partial charge on any atom is 0.271 e. The van der Waals surface area contributed by atoms with Gasteiger partial charge in [-0.25, -0.2) is 10.4 Å². The van der Waals surface area contributed by atoms with E-state index in [9.17, 15) is 9.59 Å². The molecule has 5 rings (SSSR count). The van der Waals surface area contributed by atoms with E-state index in [1.165, 1.54) is 23.6 Å². The second-order valence-electron chi connectivity index (χ2n) is 8.95. The van der Waals surface area contributed by atoms with Gasteiger partial charge in [-0.2, -0.15) is 5.10 Å². The van der Waals surface area contributed by atoms with Crippen LogP contribution in [0.15, 0.2) is 101 Å². The number of hydrogen-bond donors (Lipinski definition) is 3. The van der Waals surface area contributed by atoms with E-state index in [4.69, 9.17) is 39.5 Å². The summed E-state index contributed by atoms with van der Waals surface area (Å²) in [5, 5.41) is 13.9. The van der Waals surface area contributed by atoms with Crippen molar-refractivity contribution in [1.29, 1.82) is 0 Å². The van der Waals surface area contributed by atoms with Crippen LogP contribution in [0.2, 0.25) is 15.1 Å². The van der Waals surface area contributed by atoms with Crippen LogP contribution in [-0.4, -0.2) is 29.6 Å². The predicted octanol–water partition coefficient (Wildman–Crippen LogP) is 8.30. The molecule has 0 fully saturated rings.